The van der Waals surface area contributed by atoms with Gasteiger partial charge in [-0.2, -0.15) is 9.52 Å². The lowest BCUT2D eigenvalue weighted by molar-refractivity contribution is 0.375. The van der Waals surface area contributed by atoms with E-state index in [1.165, 1.54) is 10.7 Å². The van der Waals surface area contributed by atoms with Crippen molar-refractivity contribution < 1.29 is 13.2 Å². The van der Waals surface area contributed by atoms with E-state index in [2.05, 4.69) is 21.0 Å². The Morgan fingerprint density at radius 2 is 1.83 bits per heavy atom. The monoisotopic (exact) mass is 408 g/mol. The minimum Gasteiger partial charge on any atom is -0.496 e. The molecule has 3 rings (SSSR count). The zero-order valence-corrected chi connectivity index (χ0v) is 15.7. The van der Waals surface area contributed by atoms with Gasteiger partial charge >= 0.3 is 0 Å². The number of hydrazone groups is 1. The Kier molecular flexibility index (Phi) is 4.64. The second-order valence-corrected chi connectivity index (χ2v) is 8.31. The maximum atomic E-state index is 12.2. The van der Waals surface area contributed by atoms with Gasteiger partial charge in [0.25, 0.3) is 0 Å². The Hall–Kier alpha value is -1.86. The van der Waals surface area contributed by atoms with Crippen LogP contribution in [0.1, 0.15) is 23.6 Å². The Bertz CT molecular complexity index is 879. The summed E-state index contributed by atoms with van der Waals surface area (Å²) < 4.78 is 31.9. The summed E-state index contributed by atoms with van der Waals surface area (Å²) in [5, 5.41) is 4.39. The van der Waals surface area contributed by atoms with Crippen molar-refractivity contribution in [2.24, 2.45) is 5.10 Å². The molecule has 2 aromatic rings. The van der Waals surface area contributed by atoms with E-state index < -0.39 is 10.0 Å². The normalized spacial score (nSPS) is 17.7. The molecule has 1 aliphatic heterocycles. The van der Waals surface area contributed by atoms with Crippen LogP contribution in [0.3, 0.4) is 0 Å². The summed E-state index contributed by atoms with van der Waals surface area (Å²) in [5.74, 6) is 0.682. The van der Waals surface area contributed by atoms with Crippen LogP contribution in [0.2, 0.25) is 0 Å². The highest BCUT2D eigenvalue weighted by Crippen LogP contribution is 2.36. The molecule has 1 heterocycles. The van der Waals surface area contributed by atoms with Gasteiger partial charge in [-0.25, -0.2) is 8.42 Å². The van der Waals surface area contributed by atoms with Crippen LogP contribution >= 0.6 is 15.9 Å². The second kappa shape index (κ2) is 6.57. The standard InChI is InChI=1S/C17H17BrN2O3S/c1-23-17-6-4-3-5-14(17)15-11-16(20(19-15)24(2,21)22)12-7-9-13(18)10-8-12/h3-10,16H,11H2,1-2H3. The van der Waals surface area contributed by atoms with Crippen LogP contribution < -0.4 is 4.74 Å². The van der Waals surface area contributed by atoms with Gasteiger partial charge in [0.05, 0.1) is 25.1 Å². The van der Waals surface area contributed by atoms with E-state index in [-0.39, 0.29) is 6.04 Å². The van der Waals surface area contributed by atoms with Crippen molar-refractivity contribution in [2.75, 3.05) is 13.4 Å². The van der Waals surface area contributed by atoms with Crippen LogP contribution in [0.5, 0.6) is 5.75 Å². The number of benzene rings is 2. The minimum atomic E-state index is -3.48. The second-order valence-electron chi connectivity index (χ2n) is 5.55. The molecule has 1 unspecified atom stereocenters. The Balaban J connectivity index is 2.03. The fourth-order valence-electron chi connectivity index (χ4n) is 2.77. The highest BCUT2D eigenvalue weighted by atomic mass is 79.9. The van der Waals surface area contributed by atoms with Crippen LogP contribution in [0.15, 0.2) is 58.1 Å². The molecule has 0 bridgehead atoms. The summed E-state index contributed by atoms with van der Waals surface area (Å²) in [4.78, 5) is 0. The van der Waals surface area contributed by atoms with Gasteiger partial charge in [0.1, 0.15) is 5.75 Å². The summed E-state index contributed by atoms with van der Waals surface area (Å²) in [6, 6.07) is 14.8. The van der Waals surface area contributed by atoms with Gasteiger partial charge in [-0.05, 0) is 29.8 Å². The quantitative estimate of drug-likeness (QED) is 0.776. The van der Waals surface area contributed by atoms with Crippen molar-refractivity contribution in [1.82, 2.24) is 4.41 Å². The average Bonchev–Trinajstić information content (AvgIpc) is 3.01. The highest BCUT2D eigenvalue weighted by molar-refractivity contribution is 9.10. The molecule has 5 nitrogen and oxygen atoms in total. The van der Waals surface area contributed by atoms with Gasteiger partial charge in [0.15, 0.2) is 0 Å². The van der Waals surface area contributed by atoms with Gasteiger partial charge in [-0.1, -0.05) is 40.2 Å². The molecule has 0 N–H and O–H groups in total. The number of sulfonamides is 1. The molecule has 2 aromatic carbocycles. The maximum Gasteiger partial charge on any atom is 0.247 e. The zero-order valence-electron chi connectivity index (χ0n) is 13.3. The highest BCUT2D eigenvalue weighted by Gasteiger charge is 2.35. The number of hydrogen-bond donors (Lipinski definition) is 0. The summed E-state index contributed by atoms with van der Waals surface area (Å²) >= 11 is 3.40. The van der Waals surface area contributed by atoms with Crippen molar-refractivity contribution in [3.05, 3.63) is 64.1 Å². The third-order valence-electron chi connectivity index (χ3n) is 3.89. The van der Waals surface area contributed by atoms with E-state index in [0.717, 1.165) is 15.6 Å². The number of nitrogens with zero attached hydrogens (tertiary/aromatic N) is 2. The zero-order chi connectivity index (χ0) is 17.3. The van der Waals surface area contributed by atoms with Crippen LogP contribution in [0.4, 0.5) is 0 Å². The molecule has 24 heavy (non-hydrogen) atoms. The fourth-order valence-corrected chi connectivity index (χ4v) is 3.94. The molecule has 0 spiro atoms. The van der Waals surface area contributed by atoms with Crippen molar-refractivity contribution >= 4 is 31.7 Å². The molecule has 0 amide bonds. The van der Waals surface area contributed by atoms with Crippen LogP contribution in [-0.4, -0.2) is 31.9 Å². The smallest absolute Gasteiger partial charge is 0.247 e. The molecule has 0 fully saturated rings. The molecule has 0 radical (unpaired) electrons. The molecule has 0 saturated carbocycles. The third-order valence-corrected chi connectivity index (χ3v) is 5.43. The van der Waals surface area contributed by atoms with Crippen LogP contribution in [0.25, 0.3) is 0 Å². The average molecular weight is 409 g/mol. The van der Waals surface area contributed by atoms with Crippen LogP contribution in [-0.2, 0) is 10.0 Å². The predicted molar refractivity (Wildman–Crippen MR) is 97.7 cm³/mol. The van der Waals surface area contributed by atoms with Crippen molar-refractivity contribution in [3.63, 3.8) is 0 Å². The summed E-state index contributed by atoms with van der Waals surface area (Å²) in [6.45, 7) is 0. The Morgan fingerprint density at radius 1 is 1.17 bits per heavy atom. The first-order valence-corrected chi connectivity index (χ1v) is 10.00. The minimum absolute atomic E-state index is 0.354. The number of ether oxygens (including phenoxy) is 1. The summed E-state index contributed by atoms with van der Waals surface area (Å²) in [6.07, 6.45) is 1.67. The van der Waals surface area contributed by atoms with Gasteiger partial charge in [-0.3, -0.25) is 0 Å². The first kappa shape index (κ1) is 17.0. The van der Waals surface area contributed by atoms with Gasteiger partial charge < -0.3 is 4.74 Å². The lowest BCUT2D eigenvalue weighted by Crippen LogP contribution is -2.25. The lowest BCUT2D eigenvalue weighted by atomic mass is 9.99. The van der Waals surface area contributed by atoms with E-state index >= 15 is 0 Å². The predicted octanol–water partition coefficient (Wildman–Crippen LogP) is 3.57. The van der Waals surface area contributed by atoms with E-state index in [1.54, 1.807) is 7.11 Å². The molecule has 0 saturated heterocycles. The number of methoxy groups -OCH3 is 1. The van der Waals surface area contributed by atoms with Gasteiger partial charge in [-0.15, -0.1) is 0 Å². The van der Waals surface area contributed by atoms with E-state index in [1.807, 2.05) is 48.5 Å². The van der Waals surface area contributed by atoms with Crippen molar-refractivity contribution in [1.29, 1.82) is 0 Å². The third kappa shape index (κ3) is 3.32. The van der Waals surface area contributed by atoms with Gasteiger partial charge in [0, 0.05) is 16.5 Å². The number of hydrogen-bond acceptors (Lipinski definition) is 4. The van der Waals surface area contributed by atoms with E-state index in [9.17, 15) is 8.42 Å². The summed E-state index contributed by atoms with van der Waals surface area (Å²) in [7, 11) is -1.89. The van der Waals surface area contributed by atoms with Crippen molar-refractivity contribution in [2.45, 2.75) is 12.5 Å². The summed E-state index contributed by atoms with van der Waals surface area (Å²) in [5.41, 5.74) is 2.41. The molecular formula is C17H17BrN2O3S. The molecule has 126 valence electrons. The largest absolute Gasteiger partial charge is 0.496 e. The fraction of sp³-hybridized carbons (Fsp3) is 0.235. The van der Waals surface area contributed by atoms with Crippen LogP contribution in [0, 0.1) is 0 Å². The Morgan fingerprint density at radius 3 is 2.46 bits per heavy atom. The first-order valence-electron chi connectivity index (χ1n) is 7.36. The molecule has 1 atom stereocenters. The SMILES string of the molecule is COc1ccccc1C1=NN(S(C)(=O)=O)C(c2ccc(Br)cc2)C1. The first-order chi connectivity index (χ1) is 11.4. The lowest BCUT2D eigenvalue weighted by Gasteiger charge is -2.21. The number of halogens is 1. The molecule has 7 heteroatoms. The molecule has 0 aromatic heterocycles. The Labute approximate surface area is 150 Å². The number of rotatable bonds is 4. The maximum absolute atomic E-state index is 12.2. The van der Waals surface area contributed by atoms with Crippen molar-refractivity contribution in [3.8, 4) is 5.75 Å². The molecule has 1 aliphatic rings. The van der Waals surface area contributed by atoms with Gasteiger partial charge in [0.2, 0.25) is 10.0 Å². The van der Waals surface area contributed by atoms with E-state index in [4.69, 9.17) is 4.74 Å². The topological polar surface area (TPSA) is 59.0 Å². The molecular weight excluding hydrogens is 392 g/mol. The molecule has 0 aliphatic carbocycles. The van der Waals surface area contributed by atoms with E-state index in [0.29, 0.717) is 17.9 Å². The number of para-hydroxylation sites is 1.